The van der Waals surface area contributed by atoms with E-state index in [1.165, 1.54) is 0 Å². The molecule has 0 bridgehead atoms. The van der Waals surface area contributed by atoms with E-state index in [9.17, 15) is 14.4 Å². The molecule has 2 amide bonds. The van der Waals surface area contributed by atoms with E-state index >= 15 is 0 Å². The first-order valence-electron chi connectivity index (χ1n) is 8.02. The lowest BCUT2D eigenvalue weighted by atomic mass is 9.85. The molecule has 130 valence electrons. The number of likely N-dealkylation sites (tertiary alicyclic amines) is 1. The molecule has 3 rings (SSSR count). The number of nitrogens with two attached hydrogens (primary N) is 1. The number of rotatable bonds is 5. The van der Waals surface area contributed by atoms with Crippen LogP contribution in [-0.2, 0) is 19.2 Å². The summed E-state index contributed by atoms with van der Waals surface area (Å²) < 4.78 is 0. The standard InChI is InChI=1S/C17H18N4O4/c18-15(11-5-8-19-9-6-11)20-25-14(22)7-10-21-16(23)12-3-1-2-4-13(12)17(21)24/h1-2,5-6,8-9,12-13H,3-4,7,10H2,(H2,18,20)/t12-,13-/m1/s1. The fourth-order valence-corrected chi connectivity index (χ4v) is 3.01. The number of oxime groups is 1. The SMILES string of the molecule is N/C(=N/OC(=O)CCN1C(=O)[C@@H]2CC=CC[C@H]2C1=O)c1ccncc1. The first-order chi connectivity index (χ1) is 12.1. The van der Waals surface area contributed by atoms with E-state index in [4.69, 9.17) is 10.6 Å². The predicted octanol–water partition coefficient (Wildman–Crippen LogP) is 0.586. The molecular formula is C17H18N4O4. The molecule has 2 heterocycles. The Morgan fingerprint density at radius 1 is 1.20 bits per heavy atom. The number of amidine groups is 1. The van der Waals surface area contributed by atoms with Crippen molar-refractivity contribution in [3.05, 3.63) is 42.2 Å². The van der Waals surface area contributed by atoms with Crippen molar-refractivity contribution in [2.75, 3.05) is 6.54 Å². The van der Waals surface area contributed by atoms with E-state index in [1.807, 2.05) is 12.2 Å². The maximum Gasteiger partial charge on any atom is 0.336 e. The van der Waals surface area contributed by atoms with Crippen LogP contribution in [0.15, 0.2) is 41.8 Å². The summed E-state index contributed by atoms with van der Waals surface area (Å²) in [5.41, 5.74) is 6.28. The Bertz CT molecular complexity index is 718. The molecule has 2 N–H and O–H groups in total. The summed E-state index contributed by atoms with van der Waals surface area (Å²) in [5, 5.41) is 3.57. The van der Waals surface area contributed by atoms with E-state index in [0.29, 0.717) is 18.4 Å². The number of nitrogens with zero attached hydrogens (tertiary/aromatic N) is 3. The van der Waals surface area contributed by atoms with Crippen LogP contribution in [0.1, 0.15) is 24.8 Å². The maximum absolute atomic E-state index is 12.3. The number of carbonyl (C=O) groups excluding carboxylic acids is 3. The maximum atomic E-state index is 12.3. The van der Waals surface area contributed by atoms with Gasteiger partial charge in [-0.2, -0.15) is 0 Å². The van der Waals surface area contributed by atoms with Crippen molar-refractivity contribution in [3.8, 4) is 0 Å². The van der Waals surface area contributed by atoms with Gasteiger partial charge in [-0.15, -0.1) is 0 Å². The summed E-state index contributed by atoms with van der Waals surface area (Å²) in [6, 6.07) is 3.26. The van der Waals surface area contributed by atoms with Gasteiger partial charge in [0.15, 0.2) is 5.84 Å². The molecule has 1 aliphatic heterocycles. The van der Waals surface area contributed by atoms with Gasteiger partial charge in [0.2, 0.25) is 11.8 Å². The molecule has 1 aliphatic carbocycles. The van der Waals surface area contributed by atoms with Crippen LogP contribution in [-0.4, -0.2) is 40.0 Å². The topological polar surface area (TPSA) is 115 Å². The number of allylic oxidation sites excluding steroid dienone is 2. The van der Waals surface area contributed by atoms with Crippen molar-refractivity contribution in [1.82, 2.24) is 9.88 Å². The summed E-state index contributed by atoms with van der Waals surface area (Å²) in [5.74, 6) is -1.64. The van der Waals surface area contributed by atoms with Gasteiger partial charge in [0.25, 0.3) is 0 Å². The van der Waals surface area contributed by atoms with Crippen LogP contribution in [0.3, 0.4) is 0 Å². The van der Waals surface area contributed by atoms with Gasteiger partial charge in [0, 0.05) is 24.5 Å². The molecule has 0 spiro atoms. The highest BCUT2D eigenvalue weighted by molar-refractivity contribution is 6.05. The van der Waals surface area contributed by atoms with E-state index in [1.54, 1.807) is 24.5 Å². The highest BCUT2D eigenvalue weighted by Gasteiger charge is 2.46. The lowest BCUT2D eigenvalue weighted by Crippen LogP contribution is -2.33. The lowest BCUT2D eigenvalue weighted by molar-refractivity contribution is -0.145. The Hall–Kier alpha value is -3.03. The van der Waals surface area contributed by atoms with Crippen molar-refractivity contribution in [1.29, 1.82) is 0 Å². The third-order valence-corrected chi connectivity index (χ3v) is 4.36. The van der Waals surface area contributed by atoms with Gasteiger partial charge in [-0.3, -0.25) is 19.5 Å². The van der Waals surface area contributed by atoms with Gasteiger partial charge >= 0.3 is 5.97 Å². The minimum Gasteiger partial charge on any atom is -0.380 e. The smallest absolute Gasteiger partial charge is 0.336 e. The number of imide groups is 1. The highest BCUT2D eigenvalue weighted by Crippen LogP contribution is 2.34. The Labute approximate surface area is 144 Å². The normalized spacial score (nSPS) is 22.9. The largest absolute Gasteiger partial charge is 0.380 e. The zero-order chi connectivity index (χ0) is 17.8. The van der Waals surface area contributed by atoms with Crippen molar-refractivity contribution in [2.24, 2.45) is 22.7 Å². The average Bonchev–Trinajstić information content (AvgIpc) is 2.89. The summed E-state index contributed by atoms with van der Waals surface area (Å²) >= 11 is 0. The summed E-state index contributed by atoms with van der Waals surface area (Å²) in [6.45, 7) is -0.00577. The fourth-order valence-electron chi connectivity index (χ4n) is 3.01. The fraction of sp³-hybridized carbons (Fsp3) is 0.353. The lowest BCUT2D eigenvalue weighted by Gasteiger charge is -2.14. The molecule has 1 saturated heterocycles. The summed E-state index contributed by atoms with van der Waals surface area (Å²) in [4.78, 5) is 46.1. The van der Waals surface area contributed by atoms with Crippen LogP contribution in [0, 0.1) is 11.8 Å². The quantitative estimate of drug-likeness (QED) is 0.209. The van der Waals surface area contributed by atoms with E-state index in [-0.39, 0.29) is 42.5 Å². The summed E-state index contributed by atoms with van der Waals surface area (Å²) in [6.07, 6.45) is 7.93. The Balaban J connectivity index is 1.53. The molecule has 0 saturated carbocycles. The second-order valence-corrected chi connectivity index (χ2v) is 5.91. The third kappa shape index (κ3) is 3.57. The number of hydrogen-bond acceptors (Lipinski definition) is 6. The molecule has 0 aromatic carbocycles. The number of aromatic nitrogens is 1. The van der Waals surface area contributed by atoms with Crippen LogP contribution in [0.4, 0.5) is 0 Å². The molecule has 1 aromatic rings. The molecule has 0 radical (unpaired) electrons. The zero-order valence-electron chi connectivity index (χ0n) is 13.5. The summed E-state index contributed by atoms with van der Waals surface area (Å²) in [7, 11) is 0. The predicted molar refractivity (Wildman–Crippen MR) is 87.7 cm³/mol. The average molecular weight is 342 g/mol. The van der Waals surface area contributed by atoms with Gasteiger partial charge in [-0.25, -0.2) is 4.79 Å². The van der Waals surface area contributed by atoms with Gasteiger partial charge < -0.3 is 10.6 Å². The molecule has 2 atom stereocenters. The number of pyridine rings is 1. The molecular weight excluding hydrogens is 324 g/mol. The number of fused-ring (bicyclic) bond motifs is 1. The zero-order valence-corrected chi connectivity index (χ0v) is 13.5. The van der Waals surface area contributed by atoms with Crippen molar-refractivity contribution in [3.63, 3.8) is 0 Å². The highest BCUT2D eigenvalue weighted by atomic mass is 16.7. The molecule has 8 nitrogen and oxygen atoms in total. The van der Waals surface area contributed by atoms with E-state index in [2.05, 4.69) is 10.1 Å². The van der Waals surface area contributed by atoms with E-state index in [0.717, 1.165) is 4.90 Å². The number of carbonyl (C=O) groups is 3. The second kappa shape index (κ2) is 7.25. The van der Waals surface area contributed by atoms with Crippen molar-refractivity contribution in [2.45, 2.75) is 19.3 Å². The first kappa shape index (κ1) is 16.8. The van der Waals surface area contributed by atoms with E-state index < -0.39 is 5.97 Å². The van der Waals surface area contributed by atoms with Gasteiger partial charge in [0.05, 0.1) is 18.3 Å². The third-order valence-electron chi connectivity index (χ3n) is 4.36. The second-order valence-electron chi connectivity index (χ2n) is 5.91. The first-order valence-corrected chi connectivity index (χ1v) is 8.02. The van der Waals surface area contributed by atoms with Gasteiger partial charge in [-0.1, -0.05) is 17.3 Å². The van der Waals surface area contributed by atoms with Crippen LogP contribution < -0.4 is 5.73 Å². The molecule has 1 aromatic heterocycles. The van der Waals surface area contributed by atoms with Crippen LogP contribution in [0.25, 0.3) is 0 Å². The minimum absolute atomic E-state index is 0.00577. The molecule has 0 unspecified atom stereocenters. The van der Waals surface area contributed by atoms with Crippen LogP contribution >= 0.6 is 0 Å². The van der Waals surface area contributed by atoms with Gasteiger partial charge in [-0.05, 0) is 25.0 Å². The van der Waals surface area contributed by atoms with Gasteiger partial charge in [0.1, 0.15) is 0 Å². The molecule has 25 heavy (non-hydrogen) atoms. The molecule has 1 fully saturated rings. The minimum atomic E-state index is -0.661. The molecule has 8 heteroatoms. The Morgan fingerprint density at radius 3 is 2.40 bits per heavy atom. The van der Waals surface area contributed by atoms with Crippen molar-refractivity contribution >= 4 is 23.6 Å². The van der Waals surface area contributed by atoms with Crippen LogP contribution in [0.2, 0.25) is 0 Å². The molecule has 2 aliphatic rings. The Kier molecular flexibility index (Phi) is 4.87. The number of hydrogen-bond donors (Lipinski definition) is 1. The van der Waals surface area contributed by atoms with Crippen molar-refractivity contribution < 1.29 is 19.2 Å². The van der Waals surface area contributed by atoms with Crippen LogP contribution in [0.5, 0.6) is 0 Å². The number of amides is 2. The Morgan fingerprint density at radius 2 is 1.80 bits per heavy atom. The monoisotopic (exact) mass is 342 g/mol.